The van der Waals surface area contributed by atoms with Crippen molar-refractivity contribution in [1.82, 2.24) is 5.16 Å². The van der Waals surface area contributed by atoms with Gasteiger partial charge >= 0.3 is 0 Å². The van der Waals surface area contributed by atoms with Gasteiger partial charge in [-0.2, -0.15) is 0 Å². The second-order valence-electron chi connectivity index (χ2n) is 7.69. The van der Waals surface area contributed by atoms with Gasteiger partial charge in [0.1, 0.15) is 0 Å². The number of anilines is 1. The maximum Gasteiger partial charge on any atom is 0.260 e. The lowest BCUT2D eigenvalue weighted by Crippen LogP contribution is -2.05. The number of carbonyl (C=O) groups excluding carboxylic acids is 1. The molecule has 4 rings (SSSR count). The molecule has 2 heterocycles. The quantitative estimate of drug-likeness (QED) is 0.218. The van der Waals surface area contributed by atoms with Gasteiger partial charge in [0, 0.05) is 17.0 Å². The van der Waals surface area contributed by atoms with Gasteiger partial charge in [0.05, 0.1) is 29.5 Å². The molecule has 1 aliphatic rings. The topological polar surface area (TPSA) is 84.6 Å². The summed E-state index contributed by atoms with van der Waals surface area (Å²) in [6.07, 6.45) is 4.04. The van der Waals surface area contributed by atoms with Crippen molar-refractivity contribution in [3.05, 3.63) is 69.9 Å². The number of benzene rings is 2. The van der Waals surface area contributed by atoms with Crippen LogP contribution in [-0.4, -0.2) is 29.2 Å². The number of nitrogens with one attached hydrogen (secondary N) is 1. The molecule has 2 N–H and O–H groups in total. The highest BCUT2D eigenvalue weighted by Gasteiger charge is 2.31. The first-order chi connectivity index (χ1) is 15.9. The van der Waals surface area contributed by atoms with Crippen molar-refractivity contribution >= 4 is 52.2 Å². The van der Waals surface area contributed by atoms with Crippen LogP contribution in [0.2, 0.25) is 5.02 Å². The van der Waals surface area contributed by atoms with Crippen molar-refractivity contribution in [2.24, 2.45) is 0 Å². The van der Waals surface area contributed by atoms with Gasteiger partial charge < -0.3 is 19.7 Å². The summed E-state index contributed by atoms with van der Waals surface area (Å²) in [6, 6.07) is 12.8. The lowest BCUT2D eigenvalue weighted by molar-refractivity contribution is -0.110. The summed E-state index contributed by atoms with van der Waals surface area (Å²) in [7, 11) is 1.43. The van der Waals surface area contributed by atoms with Crippen LogP contribution in [0.5, 0.6) is 5.88 Å². The number of aromatic nitrogens is 1. The fourth-order valence-corrected chi connectivity index (χ4v) is 4.10. The Morgan fingerprint density at radius 3 is 2.64 bits per heavy atom. The van der Waals surface area contributed by atoms with E-state index in [-0.39, 0.29) is 23.0 Å². The van der Waals surface area contributed by atoms with Crippen LogP contribution >= 0.6 is 23.2 Å². The van der Waals surface area contributed by atoms with Crippen LogP contribution in [0, 0.1) is 0 Å². The summed E-state index contributed by atoms with van der Waals surface area (Å²) >= 11 is 12.3. The van der Waals surface area contributed by atoms with Crippen LogP contribution < -0.4 is 10.1 Å². The van der Waals surface area contributed by atoms with Crippen molar-refractivity contribution in [2.45, 2.75) is 19.8 Å². The molecule has 33 heavy (non-hydrogen) atoms. The van der Waals surface area contributed by atoms with Crippen LogP contribution in [0.1, 0.15) is 36.7 Å². The van der Waals surface area contributed by atoms with E-state index >= 15 is 0 Å². The van der Waals surface area contributed by atoms with Crippen LogP contribution in [0.3, 0.4) is 0 Å². The Balaban J connectivity index is 1.70. The third-order valence-corrected chi connectivity index (χ3v) is 5.94. The number of halogens is 2. The molecular weight excluding hydrogens is 463 g/mol. The monoisotopic (exact) mass is 484 g/mol. The second kappa shape index (κ2) is 9.73. The molecule has 0 spiro atoms. The molecule has 1 aliphatic heterocycles. The number of aliphatic hydroxyl groups is 1. The molecule has 0 radical (unpaired) electrons. The number of hydrogen-bond donors (Lipinski definition) is 2. The summed E-state index contributed by atoms with van der Waals surface area (Å²) in [5.41, 5.74) is 5.08. The Morgan fingerprint density at radius 1 is 1.21 bits per heavy atom. The van der Waals surface area contributed by atoms with Gasteiger partial charge in [-0.15, -0.1) is 11.6 Å². The maximum atomic E-state index is 12.6. The van der Waals surface area contributed by atoms with E-state index in [1.807, 2.05) is 24.3 Å². The first-order valence-corrected chi connectivity index (χ1v) is 11.3. The van der Waals surface area contributed by atoms with Gasteiger partial charge in [-0.25, -0.2) is 0 Å². The third-order valence-electron chi connectivity index (χ3n) is 5.36. The lowest BCUT2D eigenvalue weighted by Gasteiger charge is -2.09. The highest BCUT2D eigenvalue weighted by atomic mass is 35.5. The van der Waals surface area contributed by atoms with Gasteiger partial charge in [0.15, 0.2) is 5.76 Å². The van der Waals surface area contributed by atoms with Gasteiger partial charge in [0.2, 0.25) is 5.76 Å². The smallest absolute Gasteiger partial charge is 0.260 e. The lowest BCUT2D eigenvalue weighted by atomic mass is 9.97. The van der Waals surface area contributed by atoms with Crippen molar-refractivity contribution in [1.29, 1.82) is 0 Å². The fourth-order valence-electron chi connectivity index (χ4n) is 3.70. The Morgan fingerprint density at radius 2 is 1.97 bits per heavy atom. The molecule has 0 saturated heterocycles. The number of nitrogens with zero attached hydrogens (tertiary/aromatic N) is 1. The molecule has 3 aromatic rings. The number of hydrogen-bond acceptors (Lipinski definition) is 5. The zero-order valence-corrected chi connectivity index (χ0v) is 19.6. The van der Waals surface area contributed by atoms with E-state index in [4.69, 9.17) is 32.5 Å². The second-order valence-corrected chi connectivity index (χ2v) is 8.48. The minimum Gasteiger partial charge on any atom is -0.504 e. The van der Waals surface area contributed by atoms with Gasteiger partial charge in [0.25, 0.3) is 11.8 Å². The number of ether oxygens (including phenoxy) is 1. The number of fused-ring (bicyclic) bond motifs is 1. The van der Waals surface area contributed by atoms with Crippen molar-refractivity contribution in [3.63, 3.8) is 0 Å². The summed E-state index contributed by atoms with van der Waals surface area (Å²) < 4.78 is 10.1. The predicted octanol–water partition coefficient (Wildman–Crippen LogP) is 6.80. The van der Waals surface area contributed by atoms with Crippen molar-refractivity contribution in [3.8, 4) is 17.0 Å². The maximum absolute atomic E-state index is 12.6. The number of methoxy groups -OCH3 is 1. The Hall–Kier alpha value is -3.22. The van der Waals surface area contributed by atoms with Crippen LogP contribution in [0.25, 0.3) is 28.5 Å². The van der Waals surface area contributed by atoms with Crippen molar-refractivity contribution < 1.29 is 19.2 Å². The van der Waals surface area contributed by atoms with Crippen LogP contribution in [0.15, 0.2) is 52.6 Å². The normalized spacial score (nSPS) is 14.8. The van der Waals surface area contributed by atoms with Crippen molar-refractivity contribution in [2.75, 3.05) is 18.3 Å². The summed E-state index contributed by atoms with van der Waals surface area (Å²) in [6.45, 7) is 2.09. The van der Waals surface area contributed by atoms with E-state index < -0.39 is 5.91 Å². The average molecular weight is 485 g/mol. The van der Waals surface area contributed by atoms with Gasteiger partial charge in [-0.05, 0) is 48.2 Å². The van der Waals surface area contributed by atoms with Gasteiger partial charge in [-0.3, -0.25) is 4.79 Å². The molecule has 1 amide bonds. The zero-order chi connectivity index (χ0) is 23.5. The standard InChI is InChI=1S/C25H22Cl2N2O4/c1-14(4-3-9-26)10-15-5-7-16(8-6-15)17-11-18-20(12-19(17)27)28-25(31)23(18)24(30)21-13-22(32-2)29-33-21/h5-8,10-13,30H,3-4,9H2,1-2H3,(H,28,31). The number of carbonyl (C=O) groups is 1. The first kappa shape index (κ1) is 23.0. The minimum absolute atomic E-state index is 0.0297. The molecule has 0 bridgehead atoms. The van der Waals surface area contributed by atoms with E-state index in [0.29, 0.717) is 22.2 Å². The Labute approximate surface area is 201 Å². The molecule has 0 fully saturated rings. The first-order valence-electron chi connectivity index (χ1n) is 10.3. The van der Waals surface area contributed by atoms with Gasteiger partial charge in [-0.1, -0.05) is 47.5 Å². The summed E-state index contributed by atoms with van der Waals surface area (Å²) in [5.74, 6) is 0.0812. The number of alkyl halides is 1. The molecule has 6 nitrogen and oxygen atoms in total. The van der Waals surface area contributed by atoms with E-state index in [0.717, 1.165) is 29.5 Å². The average Bonchev–Trinajstić information content (AvgIpc) is 3.41. The number of aliphatic hydroxyl groups excluding tert-OH is 1. The Bertz CT molecular complexity index is 1260. The molecule has 8 heteroatoms. The molecule has 2 aromatic carbocycles. The van der Waals surface area contributed by atoms with E-state index in [2.05, 4.69) is 23.5 Å². The molecule has 170 valence electrons. The van der Waals surface area contributed by atoms with E-state index in [1.54, 1.807) is 12.1 Å². The summed E-state index contributed by atoms with van der Waals surface area (Å²) in [5, 5.41) is 17.6. The largest absolute Gasteiger partial charge is 0.504 e. The highest BCUT2D eigenvalue weighted by Crippen LogP contribution is 2.42. The SMILES string of the molecule is COc1cc(C(O)=C2C(=O)Nc3cc(Cl)c(-c4ccc(C=C(C)CCCCl)cc4)cc32)on1. The Kier molecular flexibility index (Phi) is 6.77. The van der Waals surface area contributed by atoms with E-state index in [9.17, 15) is 9.90 Å². The molecule has 1 aromatic heterocycles. The highest BCUT2D eigenvalue weighted by molar-refractivity contribution is 6.38. The predicted molar refractivity (Wildman–Crippen MR) is 132 cm³/mol. The zero-order valence-electron chi connectivity index (χ0n) is 18.1. The summed E-state index contributed by atoms with van der Waals surface area (Å²) in [4.78, 5) is 12.6. The molecule has 0 saturated carbocycles. The van der Waals surface area contributed by atoms with Crippen LogP contribution in [-0.2, 0) is 4.79 Å². The number of allylic oxidation sites excluding steroid dienone is 1. The number of rotatable bonds is 7. The molecule has 0 atom stereocenters. The number of amides is 1. The molecule has 0 unspecified atom stereocenters. The fraction of sp³-hybridized carbons (Fsp3) is 0.200. The molecular formula is C25H22Cl2N2O4. The minimum atomic E-state index is -0.459. The molecule has 0 aliphatic carbocycles. The third kappa shape index (κ3) is 4.77. The van der Waals surface area contributed by atoms with E-state index in [1.165, 1.54) is 18.7 Å². The van der Waals surface area contributed by atoms with Crippen LogP contribution in [0.4, 0.5) is 5.69 Å².